The van der Waals surface area contributed by atoms with Gasteiger partial charge in [0.2, 0.25) is 15.9 Å². The van der Waals surface area contributed by atoms with Gasteiger partial charge in [-0.3, -0.25) is 9.10 Å². The van der Waals surface area contributed by atoms with E-state index in [1.54, 1.807) is 13.0 Å². The Hall–Kier alpha value is -1.57. The van der Waals surface area contributed by atoms with Crippen LogP contribution >= 0.6 is 0 Å². The summed E-state index contributed by atoms with van der Waals surface area (Å²) < 4.78 is 29.8. The van der Waals surface area contributed by atoms with Crippen LogP contribution in [0.5, 0.6) is 0 Å². The summed E-state index contributed by atoms with van der Waals surface area (Å²) in [6.45, 7) is 1.75. The van der Waals surface area contributed by atoms with Gasteiger partial charge in [0.05, 0.1) is 6.26 Å². The molecular weight excluding hydrogens is 318 g/mol. The molecule has 1 N–H and O–H groups in total. The molecule has 23 heavy (non-hydrogen) atoms. The van der Waals surface area contributed by atoms with Crippen molar-refractivity contribution in [2.24, 2.45) is 0 Å². The molecule has 0 atom stereocenters. The fourth-order valence-electron chi connectivity index (χ4n) is 2.85. The Bertz CT molecular complexity index is 618. The fourth-order valence-corrected chi connectivity index (χ4v) is 3.70. The van der Waals surface area contributed by atoms with E-state index in [4.69, 9.17) is 4.52 Å². The smallest absolute Gasteiger partial charge is 0.233 e. The molecule has 0 saturated heterocycles. The molecule has 0 spiro atoms. The number of carbonyl (C=O) groups is 1. The Balaban J connectivity index is 1.91. The van der Waals surface area contributed by atoms with E-state index in [0.29, 0.717) is 5.76 Å². The number of hydrogen-bond donors (Lipinski definition) is 1. The molecule has 0 radical (unpaired) electrons. The molecule has 8 heteroatoms. The second kappa shape index (κ2) is 7.81. The molecule has 0 unspecified atom stereocenters. The SMILES string of the molecule is Cc1cc(N(CCC(=O)NC2CCCCCC2)S(C)(=O)=O)no1. The molecule has 1 amide bonds. The molecule has 7 nitrogen and oxygen atoms in total. The Morgan fingerprint density at radius 3 is 2.52 bits per heavy atom. The van der Waals surface area contributed by atoms with Crippen molar-refractivity contribution in [3.05, 3.63) is 11.8 Å². The maximum Gasteiger partial charge on any atom is 0.233 e. The van der Waals surface area contributed by atoms with Gasteiger partial charge >= 0.3 is 0 Å². The summed E-state index contributed by atoms with van der Waals surface area (Å²) in [7, 11) is -3.51. The molecule has 2 rings (SSSR count). The summed E-state index contributed by atoms with van der Waals surface area (Å²) in [6, 6.07) is 1.76. The van der Waals surface area contributed by atoms with Gasteiger partial charge in [-0.25, -0.2) is 8.42 Å². The molecule has 1 heterocycles. The summed E-state index contributed by atoms with van der Waals surface area (Å²) in [5.41, 5.74) is 0. The fraction of sp³-hybridized carbons (Fsp3) is 0.733. The third-order valence-electron chi connectivity index (χ3n) is 4.03. The largest absolute Gasteiger partial charge is 0.360 e. The first kappa shape index (κ1) is 17.8. The van der Waals surface area contributed by atoms with Crippen molar-refractivity contribution in [1.82, 2.24) is 10.5 Å². The molecule has 1 saturated carbocycles. The van der Waals surface area contributed by atoms with Crippen LogP contribution < -0.4 is 9.62 Å². The van der Waals surface area contributed by atoms with Crippen molar-refractivity contribution in [3.8, 4) is 0 Å². The lowest BCUT2D eigenvalue weighted by molar-refractivity contribution is -0.121. The lowest BCUT2D eigenvalue weighted by Gasteiger charge is -2.20. The van der Waals surface area contributed by atoms with Gasteiger partial charge in [-0.2, -0.15) is 0 Å². The normalized spacial score (nSPS) is 16.8. The highest BCUT2D eigenvalue weighted by Gasteiger charge is 2.22. The van der Waals surface area contributed by atoms with Gasteiger partial charge in [-0.1, -0.05) is 30.8 Å². The minimum atomic E-state index is -3.51. The summed E-state index contributed by atoms with van der Waals surface area (Å²) in [6.07, 6.45) is 7.93. The summed E-state index contributed by atoms with van der Waals surface area (Å²) in [5, 5.41) is 6.75. The van der Waals surface area contributed by atoms with Crippen molar-refractivity contribution in [1.29, 1.82) is 0 Å². The standard InChI is InChI=1S/C15H25N3O4S/c1-12-11-14(17-22-12)18(23(2,20)21)10-9-15(19)16-13-7-5-3-4-6-8-13/h11,13H,3-10H2,1-2H3,(H,16,19). The maximum atomic E-state index is 12.1. The number of amides is 1. The molecular formula is C15H25N3O4S. The van der Waals surface area contributed by atoms with E-state index in [2.05, 4.69) is 10.5 Å². The van der Waals surface area contributed by atoms with Crippen LogP contribution in [0.3, 0.4) is 0 Å². The van der Waals surface area contributed by atoms with Gasteiger partial charge in [-0.15, -0.1) is 0 Å². The molecule has 0 bridgehead atoms. The monoisotopic (exact) mass is 343 g/mol. The van der Waals surface area contributed by atoms with Crippen molar-refractivity contribution in [3.63, 3.8) is 0 Å². The summed E-state index contributed by atoms with van der Waals surface area (Å²) in [4.78, 5) is 12.1. The second-order valence-corrected chi connectivity index (χ2v) is 8.04. The van der Waals surface area contributed by atoms with E-state index < -0.39 is 10.0 Å². The predicted molar refractivity (Wildman–Crippen MR) is 87.7 cm³/mol. The highest BCUT2D eigenvalue weighted by atomic mass is 32.2. The highest BCUT2D eigenvalue weighted by molar-refractivity contribution is 7.92. The number of sulfonamides is 1. The number of hydrogen-bond acceptors (Lipinski definition) is 5. The zero-order valence-electron chi connectivity index (χ0n) is 13.7. The van der Waals surface area contributed by atoms with E-state index in [9.17, 15) is 13.2 Å². The lowest BCUT2D eigenvalue weighted by atomic mass is 10.1. The Morgan fingerprint density at radius 2 is 2.00 bits per heavy atom. The van der Waals surface area contributed by atoms with Gasteiger partial charge in [-0.05, 0) is 19.8 Å². The number of carbonyl (C=O) groups excluding carboxylic acids is 1. The van der Waals surface area contributed by atoms with Crippen LogP contribution in [0.25, 0.3) is 0 Å². The predicted octanol–water partition coefficient (Wildman–Crippen LogP) is 1.98. The molecule has 1 aromatic rings. The number of nitrogens with one attached hydrogen (secondary N) is 1. The van der Waals surface area contributed by atoms with Crippen LogP contribution in [0.1, 0.15) is 50.7 Å². The molecule has 0 aliphatic heterocycles. The zero-order chi connectivity index (χ0) is 16.9. The Kier molecular flexibility index (Phi) is 6.04. The van der Waals surface area contributed by atoms with Gasteiger partial charge < -0.3 is 9.84 Å². The first-order valence-corrected chi connectivity index (χ1v) is 9.91. The molecule has 1 aliphatic carbocycles. The highest BCUT2D eigenvalue weighted by Crippen LogP contribution is 2.19. The third-order valence-corrected chi connectivity index (χ3v) is 5.20. The Morgan fingerprint density at radius 1 is 1.35 bits per heavy atom. The van der Waals surface area contributed by atoms with Crippen LogP contribution in [-0.2, 0) is 14.8 Å². The van der Waals surface area contributed by atoms with E-state index in [-0.39, 0.29) is 30.7 Å². The van der Waals surface area contributed by atoms with Gasteiger partial charge in [0.25, 0.3) is 0 Å². The van der Waals surface area contributed by atoms with E-state index >= 15 is 0 Å². The van der Waals surface area contributed by atoms with Crippen LogP contribution in [-0.4, -0.2) is 38.3 Å². The molecule has 1 fully saturated rings. The van der Waals surface area contributed by atoms with Crippen molar-refractivity contribution >= 4 is 21.7 Å². The third kappa shape index (κ3) is 5.53. The number of anilines is 1. The first-order valence-electron chi connectivity index (χ1n) is 8.06. The average molecular weight is 343 g/mol. The molecule has 1 aromatic heterocycles. The summed E-state index contributed by atoms with van der Waals surface area (Å²) in [5.74, 6) is 0.620. The van der Waals surface area contributed by atoms with Crippen LogP contribution in [0.4, 0.5) is 5.82 Å². The van der Waals surface area contributed by atoms with E-state index in [1.165, 1.54) is 12.8 Å². The van der Waals surface area contributed by atoms with Crippen molar-refractivity contribution < 1.29 is 17.7 Å². The first-order chi connectivity index (χ1) is 10.9. The minimum Gasteiger partial charge on any atom is -0.360 e. The van der Waals surface area contributed by atoms with Crippen LogP contribution in [0.2, 0.25) is 0 Å². The maximum absolute atomic E-state index is 12.1. The molecule has 0 aromatic carbocycles. The molecule has 1 aliphatic rings. The van der Waals surface area contributed by atoms with Gasteiger partial charge in [0, 0.05) is 25.1 Å². The zero-order valence-corrected chi connectivity index (χ0v) is 14.6. The van der Waals surface area contributed by atoms with Crippen LogP contribution in [0.15, 0.2) is 10.6 Å². The van der Waals surface area contributed by atoms with Crippen LogP contribution in [0, 0.1) is 6.92 Å². The van der Waals surface area contributed by atoms with Gasteiger partial charge in [0.15, 0.2) is 5.82 Å². The summed E-state index contributed by atoms with van der Waals surface area (Å²) >= 11 is 0. The topological polar surface area (TPSA) is 92.5 Å². The second-order valence-electron chi connectivity index (χ2n) is 6.14. The van der Waals surface area contributed by atoms with Crippen molar-refractivity contribution in [2.45, 2.75) is 57.9 Å². The number of aryl methyl sites for hydroxylation is 1. The van der Waals surface area contributed by atoms with Crippen molar-refractivity contribution in [2.75, 3.05) is 17.1 Å². The number of aromatic nitrogens is 1. The minimum absolute atomic E-state index is 0.0589. The number of nitrogens with zero attached hydrogens (tertiary/aromatic N) is 2. The quantitative estimate of drug-likeness (QED) is 0.797. The van der Waals surface area contributed by atoms with E-state index in [0.717, 1.165) is 36.2 Å². The van der Waals surface area contributed by atoms with Gasteiger partial charge in [0.1, 0.15) is 5.76 Å². The average Bonchev–Trinajstić information content (AvgIpc) is 2.71. The number of rotatable bonds is 6. The molecule has 130 valence electrons. The van der Waals surface area contributed by atoms with E-state index in [1.807, 2.05) is 0 Å². The Labute approximate surface area is 137 Å². The lowest BCUT2D eigenvalue weighted by Crippen LogP contribution is -2.38.